The van der Waals surface area contributed by atoms with Crippen molar-refractivity contribution < 1.29 is 19.0 Å². The molecule has 0 bridgehead atoms. The van der Waals surface area contributed by atoms with Crippen LogP contribution in [0.4, 0.5) is 10.5 Å². The Morgan fingerprint density at radius 2 is 1.74 bits per heavy atom. The molecular formula is C21H32N2O4. The van der Waals surface area contributed by atoms with E-state index in [0.717, 1.165) is 36.6 Å². The van der Waals surface area contributed by atoms with E-state index in [0.29, 0.717) is 13.1 Å². The number of methoxy groups -OCH3 is 1. The van der Waals surface area contributed by atoms with Gasteiger partial charge in [-0.1, -0.05) is 0 Å². The third-order valence-electron chi connectivity index (χ3n) is 5.25. The van der Waals surface area contributed by atoms with Crippen molar-refractivity contribution in [2.45, 2.75) is 59.7 Å². The lowest BCUT2D eigenvalue weighted by atomic mass is 9.97. The number of rotatable bonds is 2. The Hall–Kier alpha value is -2.11. The molecule has 0 saturated carbocycles. The van der Waals surface area contributed by atoms with E-state index in [1.54, 1.807) is 12.0 Å². The summed E-state index contributed by atoms with van der Waals surface area (Å²) in [5, 5.41) is 0. The molecule has 27 heavy (non-hydrogen) atoms. The second-order valence-corrected chi connectivity index (χ2v) is 8.53. The number of hydrogen-bond acceptors (Lipinski definition) is 5. The monoisotopic (exact) mass is 376 g/mol. The highest BCUT2D eigenvalue weighted by Crippen LogP contribution is 2.47. The molecule has 2 aliphatic rings. The first-order valence-corrected chi connectivity index (χ1v) is 9.72. The molecular weight excluding hydrogens is 344 g/mol. The number of hydrogen-bond donors (Lipinski definition) is 0. The van der Waals surface area contributed by atoms with Crippen LogP contribution in [0.25, 0.3) is 0 Å². The Balaban J connectivity index is 1.81. The number of piperazine rings is 1. The quantitative estimate of drug-likeness (QED) is 0.788. The van der Waals surface area contributed by atoms with Gasteiger partial charge in [-0.05, 0) is 47.1 Å². The summed E-state index contributed by atoms with van der Waals surface area (Å²) in [6.07, 6.45) is 0.846. The molecule has 1 unspecified atom stereocenters. The molecule has 0 N–H and O–H groups in total. The van der Waals surface area contributed by atoms with Crippen LogP contribution in [0.2, 0.25) is 0 Å². The fraction of sp³-hybridized carbons (Fsp3) is 0.667. The van der Waals surface area contributed by atoms with Gasteiger partial charge in [-0.3, -0.25) is 0 Å². The van der Waals surface area contributed by atoms with Crippen LogP contribution >= 0.6 is 0 Å². The number of benzene rings is 1. The topological polar surface area (TPSA) is 51.2 Å². The van der Waals surface area contributed by atoms with Crippen LogP contribution in [-0.2, 0) is 11.2 Å². The van der Waals surface area contributed by atoms with E-state index in [1.807, 2.05) is 20.8 Å². The first-order chi connectivity index (χ1) is 12.6. The molecule has 6 heteroatoms. The van der Waals surface area contributed by atoms with Crippen molar-refractivity contribution >= 4 is 11.8 Å². The molecule has 150 valence electrons. The molecule has 1 aromatic carbocycles. The van der Waals surface area contributed by atoms with E-state index in [2.05, 4.69) is 25.7 Å². The first-order valence-electron chi connectivity index (χ1n) is 9.72. The van der Waals surface area contributed by atoms with Gasteiger partial charge >= 0.3 is 6.09 Å². The predicted molar refractivity (Wildman–Crippen MR) is 106 cm³/mol. The molecule has 0 radical (unpaired) electrons. The molecule has 6 nitrogen and oxygen atoms in total. The van der Waals surface area contributed by atoms with E-state index in [-0.39, 0.29) is 12.2 Å². The Morgan fingerprint density at radius 3 is 2.30 bits per heavy atom. The maximum absolute atomic E-state index is 12.3. The second-order valence-electron chi connectivity index (χ2n) is 8.53. The van der Waals surface area contributed by atoms with Crippen LogP contribution in [0.1, 0.15) is 44.4 Å². The zero-order valence-electron chi connectivity index (χ0n) is 17.6. The van der Waals surface area contributed by atoms with Gasteiger partial charge in [-0.15, -0.1) is 0 Å². The van der Waals surface area contributed by atoms with Crippen molar-refractivity contribution in [1.82, 2.24) is 4.90 Å². The van der Waals surface area contributed by atoms with Crippen molar-refractivity contribution in [3.8, 4) is 11.5 Å². The van der Waals surface area contributed by atoms with Crippen LogP contribution in [0.5, 0.6) is 11.5 Å². The van der Waals surface area contributed by atoms with Gasteiger partial charge in [0.15, 0.2) is 11.5 Å². The molecule has 1 fully saturated rings. The van der Waals surface area contributed by atoms with E-state index in [9.17, 15) is 4.79 Å². The van der Waals surface area contributed by atoms with Gasteiger partial charge in [-0.2, -0.15) is 0 Å². The normalized spacial score (nSPS) is 19.6. The van der Waals surface area contributed by atoms with Crippen LogP contribution < -0.4 is 14.4 Å². The van der Waals surface area contributed by atoms with Gasteiger partial charge in [0.05, 0.1) is 7.11 Å². The van der Waals surface area contributed by atoms with Gasteiger partial charge < -0.3 is 24.0 Å². The van der Waals surface area contributed by atoms with E-state index < -0.39 is 5.60 Å². The zero-order chi connectivity index (χ0) is 19.9. The predicted octanol–water partition coefficient (Wildman–Crippen LogP) is 3.69. The molecule has 1 amide bonds. The Labute approximate surface area is 162 Å². The summed E-state index contributed by atoms with van der Waals surface area (Å²) in [5.41, 5.74) is 4.36. The summed E-state index contributed by atoms with van der Waals surface area (Å²) in [6.45, 7) is 14.9. The largest absolute Gasteiger partial charge is 0.492 e. The molecule has 0 aliphatic carbocycles. The molecule has 0 aromatic heterocycles. The minimum Gasteiger partial charge on any atom is -0.492 e. The van der Waals surface area contributed by atoms with Crippen molar-refractivity contribution in [1.29, 1.82) is 0 Å². The van der Waals surface area contributed by atoms with Crippen LogP contribution in [0, 0.1) is 13.8 Å². The average Bonchev–Trinajstić information content (AvgIpc) is 2.96. The SMILES string of the molecule is COc1c(C)c(N2CCN(C(=O)OC(C)(C)C)CC2)c(C)c2c1OC(C)C2. The van der Waals surface area contributed by atoms with Crippen LogP contribution in [0.3, 0.4) is 0 Å². The Morgan fingerprint density at radius 1 is 1.11 bits per heavy atom. The Kier molecular flexibility index (Phi) is 5.19. The summed E-state index contributed by atoms with van der Waals surface area (Å²) < 4.78 is 17.2. The second kappa shape index (κ2) is 7.13. The third kappa shape index (κ3) is 3.80. The third-order valence-corrected chi connectivity index (χ3v) is 5.25. The van der Waals surface area contributed by atoms with Gasteiger partial charge in [0.25, 0.3) is 0 Å². The summed E-state index contributed by atoms with van der Waals surface area (Å²) in [6, 6.07) is 0. The van der Waals surface area contributed by atoms with Crippen LogP contribution in [-0.4, -0.2) is 56.0 Å². The van der Waals surface area contributed by atoms with Crippen molar-refractivity contribution in [3.63, 3.8) is 0 Å². The van der Waals surface area contributed by atoms with E-state index >= 15 is 0 Å². The molecule has 2 heterocycles. The Bertz CT molecular complexity index is 731. The lowest BCUT2D eigenvalue weighted by Crippen LogP contribution is -2.50. The molecule has 1 atom stereocenters. The van der Waals surface area contributed by atoms with Gasteiger partial charge in [0.1, 0.15) is 11.7 Å². The molecule has 2 aliphatic heterocycles. The highest BCUT2D eigenvalue weighted by Gasteiger charge is 2.32. The number of nitrogens with zero attached hydrogens (tertiary/aromatic N) is 2. The number of carbonyl (C=O) groups is 1. The van der Waals surface area contributed by atoms with Gasteiger partial charge in [0.2, 0.25) is 0 Å². The van der Waals surface area contributed by atoms with Crippen LogP contribution in [0.15, 0.2) is 0 Å². The lowest BCUT2D eigenvalue weighted by molar-refractivity contribution is 0.0240. The van der Waals surface area contributed by atoms with Crippen molar-refractivity contribution in [2.24, 2.45) is 0 Å². The van der Waals surface area contributed by atoms with Crippen molar-refractivity contribution in [2.75, 3.05) is 38.2 Å². The van der Waals surface area contributed by atoms with Gasteiger partial charge in [-0.25, -0.2) is 4.79 Å². The minimum atomic E-state index is -0.467. The number of amides is 1. The fourth-order valence-corrected chi connectivity index (χ4v) is 4.07. The summed E-state index contributed by atoms with van der Waals surface area (Å²) in [5.74, 6) is 1.74. The fourth-order valence-electron chi connectivity index (χ4n) is 4.07. The maximum atomic E-state index is 12.3. The lowest BCUT2D eigenvalue weighted by Gasteiger charge is -2.38. The molecule has 3 rings (SSSR count). The number of ether oxygens (including phenoxy) is 3. The van der Waals surface area contributed by atoms with Crippen molar-refractivity contribution in [3.05, 3.63) is 16.7 Å². The van der Waals surface area contributed by atoms with Gasteiger partial charge in [0, 0.05) is 49.4 Å². The molecule has 1 saturated heterocycles. The average molecular weight is 376 g/mol. The maximum Gasteiger partial charge on any atom is 0.410 e. The zero-order valence-corrected chi connectivity index (χ0v) is 17.6. The number of carbonyl (C=O) groups excluding carboxylic acids is 1. The highest BCUT2D eigenvalue weighted by atomic mass is 16.6. The number of anilines is 1. The first kappa shape index (κ1) is 19.6. The smallest absolute Gasteiger partial charge is 0.410 e. The number of fused-ring (bicyclic) bond motifs is 1. The summed E-state index contributed by atoms with van der Waals surface area (Å²) in [4.78, 5) is 16.5. The minimum absolute atomic E-state index is 0.172. The molecule has 1 aromatic rings. The van der Waals surface area contributed by atoms with E-state index in [1.165, 1.54) is 16.8 Å². The summed E-state index contributed by atoms with van der Waals surface area (Å²) in [7, 11) is 1.70. The highest BCUT2D eigenvalue weighted by molar-refractivity contribution is 5.73. The standard InChI is InChI=1S/C21H32N2O4/c1-13-12-16-14(2)17(15(3)18(25-7)19(16)26-13)22-8-10-23(11-9-22)20(24)27-21(4,5)6/h13H,8-12H2,1-7H3. The summed E-state index contributed by atoms with van der Waals surface area (Å²) >= 11 is 0. The molecule has 0 spiro atoms. The van der Waals surface area contributed by atoms with E-state index in [4.69, 9.17) is 14.2 Å².